The van der Waals surface area contributed by atoms with Gasteiger partial charge in [-0.05, 0) is 37.2 Å². The molecule has 19 heavy (non-hydrogen) atoms. The molecule has 2 rings (SSSR count). The molecule has 0 bridgehead atoms. The van der Waals surface area contributed by atoms with Crippen LogP contribution in [0.15, 0.2) is 30.3 Å². The van der Waals surface area contributed by atoms with Gasteiger partial charge in [0, 0.05) is 6.54 Å². The zero-order chi connectivity index (χ0) is 13.7. The van der Waals surface area contributed by atoms with E-state index in [-0.39, 0.29) is 17.9 Å². The van der Waals surface area contributed by atoms with Gasteiger partial charge in [-0.1, -0.05) is 37.3 Å². The first kappa shape index (κ1) is 14.1. The van der Waals surface area contributed by atoms with Crippen LogP contribution in [0.2, 0.25) is 0 Å². The molecule has 1 aliphatic carbocycles. The summed E-state index contributed by atoms with van der Waals surface area (Å²) in [6, 6.07) is 9.87. The van der Waals surface area contributed by atoms with Crippen molar-refractivity contribution < 1.29 is 9.90 Å². The lowest BCUT2D eigenvalue weighted by Crippen LogP contribution is -2.31. The molecule has 0 aliphatic heterocycles. The highest BCUT2D eigenvalue weighted by Crippen LogP contribution is 2.33. The molecule has 1 fully saturated rings. The predicted molar refractivity (Wildman–Crippen MR) is 75.8 cm³/mol. The normalized spacial score (nSPS) is 17.8. The number of benzene rings is 1. The Bertz CT molecular complexity index is 400. The fourth-order valence-electron chi connectivity index (χ4n) is 2.44. The number of amides is 1. The van der Waals surface area contributed by atoms with Gasteiger partial charge in [-0.2, -0.15) is 0 Å². The molecule has 0 aromatic heterocycles. The Morgan fingerprint density at radius 2 is 2.05 bits per heavy atom. The summed E-state index contributed by atoms with van der Waals surface area (Å²) < 4.78 is 0. The average molecular weight is 261 g/mol. The molecule has 0 saturated heterocycles. The molecular weight excluding hydrogens is 238 g/mol. The Kier molecular flexibility index (Phi) is 4.97. The first-order valence-electron chi connectivity index (χ1n) is 7.23. The molecule has 1 saturated carbocycles. The summed E-state index contributed by atoms with van der Waals surface area (Å²) in [6.45, 7) is 2.59. The maximum Gasteiger partial charge on any atom is 0.227 e. The SMILES string of the molecule is CC[C@H](C(=O)NCC[C@H](O)C1CC1)c1ccccc1. The predicted octanol–water partition coefficient (Wildman–Crippen LogP) is 2.46. The third-order valence-corrected chi connectivity index (χ3v) is 3.83. The van der Waals surface area contributed by atoms with E-state index in [1.54, 1.807) is 0 Å². The maximum atomic E-state index is 12.1. The Morgan fingerprint density at radius 1 is 1.37 bits per heavy atom. The number of aliphatic hydroxyl groups excluding tert-OH is 1. The van der Waals surface area contributed by atoms with Crippen LogP contribution in [0.1, 0.15) is 44.1 Å². The molecule has 1 aliphatic rings. The number of rotatable bonds is 7. The molecule has 1 aromatic carbocycles. The van der Waals surface area contributed by atoms with Crippen LogP contribution in [0.25, 0.3) is 0 Å². The van der Waals surface area contributed by atoms with E-state index < -0.39 is 0 Å². The molecule has 0 radical (unpaired) electrons. The standard InChI is InChI=1S/C16H23NO2/c1-2-14(12-6-4-3-5-7-12)16(19)17-11-10-15(18)13-8-9-13/h3-7,13-15,18H,2,8-11H2,1H3,(H,17,19)/t14-,15-/m0/s1. The molecule has 0 spiro atoms. The molecule has 1 aromatic rings. The van der Waals surface area contributed by atoms with Crippen LogP contribution in [-0.2, 0) is 4.79 Å². The highest BCUT2D eigenvalue weighted by atomic mass is 16.3. The summed E-state index contributed by atoms with van der Waals surface area (Å²) >= 11 is 0. The Morgan fingerprint density at radius 3 is 2.63 bits per heavy atom. The van der Waals surface area contributed by atoms with Gasteiger partial charge in [-0.25, -0.2) is 0 Å². The summed E-state index contributed by atoms with van der Waals surface area (Å²) in [6.07, 6.45) is 3.49. The Hall–Kier alpha value is -1.35. The van der Waals surface area contributed by atoms with Gasteiger partial charge >= 0.3 is 0 Å². The second-order valence-corrected chi connectivity index (χ2v) is 5.36. The third kappa shape index (κ3) is 4.06. The van der Waals surface area contributed by atoms with E-state index in [2.05, 4.69) is 5.32 Å². The number of carbonyl (C=O) groups excluding carboxylic acids is 1. The van der Waals surface area contributed by atoms with Crippen LogP contribution < -0.4 is 5.32 Å². The number of aliphatic hydroxyl groups is 1. The third-order valence-electron chi connectivity index (χ3n) is 3.83. The maximum absolute atomic E-state index is 12.1. The molecule has 2 atom stereocenters. The van der Waals surface area contributed by atoms with Crippen molar-refractivity contribution in [2.45, 2.75) is 44.6 Å². The highest BCUT2D eigenvalue weighted by Gasteiger charge is 2.29. The molecular formula is C16H23NO2. The quantitative estimate of drug-likeness (QED) is 0.792. The average Bonchev–Trinajstić information content (AvgIpc) is 3.25. The van der Waals surface area contributed by atoms with Gasteiger partial charge in [-0.15, -0.1) is 0 Å². The minimum absolute atomic E-state index is 0.0664. The van der Waals surface area contributed by atoms with Crippen LogP contribution >= 0.6 is 0 Å². The number of carbonyl (C=O) groups is 1. The highest BCUT2D eigenvalue weighted by molar-refractivity contribution is 5.83. The van der Waals surface area contributed by atoms with E-state index >= 15 is 0 Å². The summed E-state index contributed by atoms with van der Waals surface area (Å²) in [7, 11) is 0. The van der Waals surface area contributed by atoms with Gasteiger partial charge in [0.25, 0.3) is 0 Å². The minimum Gasteiger partial charge on any atom is -0.393 e. The zero-order valence-corrected chi connectivity index (χ0v) is 11.5. The summed E-state index contributed by atoms with van der Waals surface area (Å²) in [4.78, 5) is 12.1. The Balaban J connectivity index is 1.80. The lowest BCUT2D eigenvalue weighted by molar-refractivity contribution is -0.122. The van der Waals surface area contributed by atoms with E-state index in [1.807, 2.05) is 37.3 Å². The van der Waals surface area contributed by atoms with E-state index in [9.17, 15) is 9.90 Å². The van der Waals surface area contributed by atoms with Crippen molar-refractivity contribution in [1.82, 2.24) is 5.32 Å². The van der Waals surface area contributed by atoms with Crippen LogP contribution in [0.4, 0.5) is 0 Å². The summed E-state index contributed by atoms with van der Waals surface area (Å²) in [5, 5.41) is 12.7. The fourth-order valence-corrected chi connectivity index (χ4v) is 2.44. The van der Waals surface area contributed by atoms with Crippen LogP contribution in [0.3, 0.4) is 0 Å². The monoisotopic (exact) mass is 261 g/mol. The van der Waals surface area contributed by atoms with Crippen molar-refractivity contribution in [2.75, 3.05) is 6.54 Å². The molecule has 104 valence electrons. The van der Waals surface area contributed by atoms with Crippen molar-refractivity contribution >= 4 is 5.91 Å². The number of nitrogens with one attached hydrogen (secondary N) is 1. The lowest BCUT2D eigenvalue weighted by Gasteiger charge is -2.16. The van der Waals surface area contributed by atoms with Crippen LogP contribution in [0, 0.1) is 5.92 Å². The van der Waals surface area contributed by atoms with Crippen molar-refractivity contribution in [3.63, 3.8) is 0 Å². The van der Waals surface area contributed by atoms with E-state index in [1.165, 1.54) is 0 Å². The van der Waals surface area contributed by atoms with Crippen molar-refractivity contribution in [3.05, 3.63) is 35.9 Å². The molecule has 0 unspecified atom stereocenters. The van der Waals surface area contributed by atoms with Gasteiger partial charge in [0.1, 0.15) is 0 Å². The molecule has 1 amide bonds. The van der Waals surface area contributed by atoms with E-state index in [0.29, 0.717) is 18.9 Å². The van der Waals surface area contributed by atoms with Crippen LogP contribution in [0.5, 0.6) is 0 Å². The van der Waals surface area contributed by atoms with Gasteiger partial charge in [0.2, 0.25) is 5.91 Å². The first-order valence-corrected chi connectivity index (χ1v) is 7.23. The molecule has 2 N–H and O–H groups in total. The topological polar surface area (TPSA) is 49.3 Å². The van der Waals surface area contributed by atoms with Crippen LogP contribution in [-0.4, -0.2) is 23.7 Å². The van der Waals surface area contributed by atoms with Gasteiger partial charge in [0.05, 0.1) is 12.0 Å². The molecule has 0 heterocycles. The molecule has 3 nitrogen and oxygen atoms in total. The van der Waals surface area contributed by atoms with Gasteiger partial charge < -0.3 is 10.4 Å². The zero-order valence-electron chi connectivity index (χ0n) is 11.5. The van der Waals surface area contributed by atoms with E-state index in [4.69, 9.17) is 0 Å². The summed E-state index contributed by atoms with van der Waals surface area (Å²) in [5.74, 6) is 0.462. The smallest absolute Gasteiger partial charge is 0.227 e. The fraction of sp³-hybridized carbons (Fsp3) is 0.562. The lowest BCUT2D eigenvalue weighted by atomic mass is 9.95. The van der Waals surface area contributed by atoms with Gasteiger partial charge in [-0.3, -0.25) is 4.79 Å². The number of hydrogen-bond acceptors (Lipinski definition) is 2. The largest absolute Gasteiger partial charge is 0.393 e. The minimum atomic E-state index is -0.239. The van der Waals surface area contributed by atoms with Crippen molar-refractivity contribution in [1.29, 1.82) is 0 Å². The second-order valence-electron chi connectivity index (χ2n) is 5.36. The second kappa shape index (κ2) is 6.71. The first-order chi connectivity index (χ1) is 9.22. The Labute approximate surface area is 115 Å². The number of hydrogen-bond donors (Lipinski definition) is 2. The van der Waals surface area contributed by atoms with E-state index in [0.717, 1.165) is 24.8 Å². The van der Waals surface area contributed by atoms with Crippen molar-refractivity contribution in [2.24, 2.45) is 5.92 Å². The van der Waals surface area contributed by atoms with Gasteiger partial charge in [0.15, 0.2) is 0 Å². The summed E-state index contributed by atoms with van der Waals surface area (Å²) in [5.41, 5.74) is 1.06. The molecule has 3 heteroatoms. The van der Waals surface area contributed by atoms with Crippen molar-refractivity contribution in [3.8, 4) is 0 Å².